The Morgan fingerprint density at radius 3 is 2.61 bits per heavy atom. The number of halogens is 3. The Morgan fingerprint density at radius 1 is 1.56 bits per heavy atom. The predicted molar refractivity (Wildman–Crippen MR) is 54.6 cm³/mol. The Morgan fingerprint density at radius 2 is 2.17 bits per heavy atom. The molecule has 0 aliphatic heterocycles. The third-order valence-electron chi connectivity index (χ3n) is 2.03. The van der Waals surface area contributed by atoms with E-state index < -0.39 is 29.0 Å². The fourth-order valence-electron chi connectivity index (χ4n) is 1.36. The van der Waals surface area contributed by atoms with Crippen LogP contribution in [0.15, 0.2) is 6.07 Å². The first-order valence-electron chi connectivity index (χ1n) is 4.97. The number of nitriles is 1. The monoisotopic (exact) mass is 258 g/mol. The van der Waals surface area contributed by atoms with Gasteiger partial charge >= 0.3 is 12.1 Å². The van der Waals surface area contributed by atoms with Gasteiger partial charge in [-0.1, -0.05) is 0 Å². The maximum absolute atomic E-state index is 12.7. The highest BCUT2D eigenvalue weighted by atomic mass is 19.4. The zero-order valence-electron chi connectivity index (χ0n) is 9.63. The summed E-state index contributed by atoms with van der Waals surface area (Å²) >= 11 is 0. The number of aromatic nitrogens is 1. The molecule has 0 unspecified atom stereocenters. The highest BCUT2D eigenvalue weighted by molar-refractivity contribution is 5.90. The minimum absolute atomic E-state index is 0.00984. The lowest BCUT2D eigenvalue weighted by Crippen LogP contribution is -2.16. The van der Waals surface area contributed by atoms with E-state index >= 15 is 0 Å². The van der Waals surface area contributed by atoms with E-state index in [2.05, 4.69) is 9.72 Å². The number of rotatable bonds is 2. The SMILES string of the molecule is CCOC(=O)c1nc(C)cc(C(F)(F)F)c1C#N. The molecule has 1 aromatic rings. The minimum Gasteiger partial charge on any atom is -0.461 e. The van der Waals surface area contributed by atoms with Crippen LogP contribution in [0.3, 0.4) is 0 Å². The number of carbonyl (C=O) groups excluding carboxylic acids is 1. The molecule has 1 rings (SSSR count). The lowest BCUT2D eigenvalue weighted by Gasteiger charge is -2.12. The van der Waals surface area contributed by atoms with Gasteiger partial charge in [-0.15, -0.1) is 0 Å². The molecule has 1 aromatic heterocycles. The molecule has 4 nitrogen and oxygen atoms in total. The summed E-state index contributed by atoms with van der Waals surface area (Å²) < 4.78 is 42.7. The van der Waals surface area contributed by atoms with Crippen LogP contribution in [0.25, 0.3) is 0 Å². The number of alkyl halides is 3. The number of hydrogen-bond acceptors (Lipinski definition) is 4. The molecule has 0 aromatic carbocycles. The summed E-state index contributed by atoms with van der Waals surface area (Å²) in [5, 5.41) is 8.77. The lowest BCUT2D eigenvalue weighted by molar-refractivity contribution is -0.137. The van der Waals surface area contributed by atoms with E-state index in [1.807, 2.05) is 0 Å². The van der Waals surface area contributed by atoms with Gasteiger partial charge in [0.25, 0.3) is 0 Å². The zero-order valence-corrected chi connectivity index (χ0v) is 9.63. The van der Waals surface area contributed by atoms with Crippen LogP contribution in [0.5, 0.6) is 0 Å². The predicted octanol–water partition coefficient (Wildman–Crippen LogP) is 2.46. The second kappa shape index (κ2) is 5.04. The summed E-state index contributed by atoms with van der Waals surface area (Å²) in [6.07, 6.45) is -4.72. The van der Waals surface area contributed by atoms with Crippen molar-refractivity contribution in [3.8, 4) is 6.07 Å². The summed E-state index contributed by atoms with van der Waals surface area (Å²) in [6, 6.07) is 2.08. The Hall–Kier alpha value is -2.10. The molecule has 0 spiro atoms. The molecule has 0 saturated heterocycles. The van der Waals surface area contributed by atoms with Crippen molar-refractivity contribution in [2.45, 2.75) is 20.0 Å². The van der Waals surface area contributed by atoms with Gasteiger partial charge in [-0.25, -0.2) is 9.78 Å². The molecule has 0 fully saturated rings. The molecule has 7 heteroatoms. The standard InChI is InChI=1S/C11H9F3N2O2/c1-3-18-10(17)9-7(5-15)8(11(12,13)14)4-6(2)16-9/h4H,3H2,1-2H3. The number of nitrogens with zero attached hydrogens (tertiary/aromatic N) is 2. The molecular weight excluding hydrogens is 249 g/mol. The van der Waals surface area contributed by atoms with Gasteiger partial charge in [-0.3, -0.25) is 0 Å². The Kier molecular flexibility index (Phi) is 3.91. The zero-order chi connectivity index (χ0) is 13.9. The van der Waals surface area contributed by atoms with Crippen molar-refractivity contribution >= 4 is 5.97 Å². The number of carbonyl (C=O) groups is 1. The van der Waals surface area contributed by atoms with Crippen LogP contribution >= 0.6 is 0 Å². The summed E-state index contributed by atoms with van der Waals surface area (Å²) in [4.78, 5) is 15.1. The van der Waals surface area contributed by atoms with Gasteiger partial charge in [0.15, 0.2) is 5.69 Å². The van der Waals surface area contributed by atoms with Gasteiger partial charge < -0.3 is 4.74 Å². The summed E-state index contributed by atoms with van der Waals surface area (Å²) in [5.41, 5.74) is -2.61. The van der Waals surface area contributed by atoms with E-state index in [1.165, 1.54) is 19.9 Å². The summed E-state index contributed by atoms with van der Waals surface area (Å²) in [5.74, 6) is -1.04. The third-order valence-corrected chi connectivity index (χ3v) is 2.03. The summed E-state index contributed by atoms with van der Waals surface area (Å²) in [6.45, 7) is 2.80. The highest BCUT2D eigenvalue weighted by Gasteiger charge is 2.36. The molecule has 1 heterocycles. The van der Waals surface area contributed by atoms with Crippen LogP contribution < -0.4 is 0 Å². The second-order valence-electron chi connectivity index (χ2n) is 3.36. The third kappa shape index (κ3) is 2.77. The van der Waals surface area contributed by atoms with Crippen molar-refractivity contribution in [2.24, 2.45) is 0 Å². The van der Waals surface area contributed by atoms with Crippen LogP contribution in [0.1, 0.15) is 34.2 Å². The molecule has 0 atom stereocenters. The first-order chi connectivity index (χ1) is 8.31. The molecule has 96 valence electrons. The summed E-state index contributed by atoms with van der Waals surface area (Å²) in [7, 11) is 0. The Labute approximate surface area is 101 Å². The molecular formula is C11H9F3N2O2. The van der Waals surface area contributed by atoms with Crippen molar-refractivity contribution in [3.63, 3.8) is 0 Å². The molecule has 0 saturated carbocycles. The van der Waals surface area contributed by atoms with E-state index in [9.17, 15) is 18.0 Å². The van der Waals surface area contributed by atoms with Crippen molar-refractivity contribution in [1.82, 2.24) is 4.98 Å². The second-order valence-corrected chi connectivity index (χ2v) is 3.36. The molecule has 0 aliphatic carbocycles. The fourth-order valence-corrected chi connectivity index (χ4v) is 1.36. The number of hydrogen-bond donors (Lipinski definition) is 0. The van der Waals surface area contributed by atoms with Crippen molar-refractivity contribution < 1.29 is 22.7 Å². The Balaban J connectivity index is 3.49. The quantitative estimate of drug-likeness (QED) is 0.764. The first-order valence-corrected chi connectivity index (χ1v) is 4.97. The molecule has 0 radical (unpaired) electrons. The van der Waals surface area contributed by atoms with Crippen LogP contribution in [-0.2, 0) is 10.9 Å². The van der Waals surface area contributed by atoms with E-state index in [4.69, 9.17) is 5.26 Å². The minimum atomic E-state index is -4.72. The molecule has 0 amide bonds. The van der Waals surface area contributed by atoms with Crippen LogP contribution in [0.4, 0.5) is 13.2 Å². The van der Waals surface area contributed by atoms with Crippen LogP contribution in [0, 0.1) is 18.3 Å². The highest BCUT2D eigenvalue weighted by Crippen LogP contribution is 2.33. The van der Waals surface area contributed by atoms with Crippen LogP contribution in [0.2, 0.25) is 0 Å². The number of esters is 1. The fraction of sp³-hybridized carbons (Fsp3) is 0.364. The number of aryl methyl sites for hydroxylation is 1. The molecule has 18 heavy (non-hydrogen) atoms. The lowest BCUT2D eigenvalue weighted by atomic mass is 10.1. The van der Waals surface area contributed by atoms with Crippen molar-refractivity contribution in [3.05, 3.63) is 28.6 Å². The van der Waals surface area contributed by atoms with Crippen molar-refractivity contribution in [1.29, 1.82) is 5.26 Å². The largest absolute Gasteiger partial charge is 0.461 e. The van der Waals surface area contributed by atoms with Gasteiger partial charge in [0, 0.05) is 5.69 Å². The van der Waals surface area contributed by atoms with Gasteiger partial charge in [0.05, 0.1) is 17.7 Å². The Bertz CT molecular complexity index is 518. The normalized spacial score (nSPS) is 10.9. The van der Waals surface area contributed by atoms with Crippen molar-refractivity contribution in [2.75, 3.05) is 6.61 Å². The number of pyridine rings is 1. The van der Waals surface area contributed by atoms with E-state index in [0.717, 1.165) is 6.07 Å². The van der Waals surface area contributed by atoms with E-state index in [1.54, 1.807) is 0 Å². The molecule has 0 N–H and O–H groups in total. The average molecular weight is 258 g/mol. The molecule has 0 aliphatic rings. The molecule has 0 bridgehead atoms. The average Bonchev–Trinajstić information content (AvgIpc) is 2.27. The van der Waals surface area contributed by atoms with Gasteiger partial charge in [0.2, 0.25) is 0 Å². The van der Waals surface area contributed by atoms with Crippen LogP contribution in [-0.4, -0.2) is 17.6 Å². The van der Waals surface area contributed by atoms with E-state index in [0.29, 0.717) is 0 Å². The van der Waals surface area contributed by atoms with Gasteiger partial charge in [0.1, 0.15) is 6.07 Å². The number of ether oxygens (including phenoxy) is 1. The smallest absolute Gasteiger partial charge is 0.417 e. The van der Waals surface area contributed by atoms with E-state index in [-0.39, 0.29) is 12.3 Å². The maximum Gasteiger partial charge on any atom is 0.417 e. The maximum atomic E-state index is 12.7. The van der Waals surface area contributed by atoms with Gasteiger partial charge in [-0.05, 0) is 19.9 Å². The van der Waals surface area contributed by atoms with Gasteiger partial charge in [-0.2, -0.15) is 18.4 Å². The first kappa shape index (κ1) is 14.0. The topological polar surface area (TPSA) is 63.0 Å².